The minimum Gasteiger partial charge on any atom is -0.383 e. The molecule has 0 rings (SSSR count). The van der Waals surface area contributed by atoms with E-state index in [1.807, 2.05) is 0 Å². The molecule has 3 nitrogen and oxygen atoms in total. The van der Waals surface area contributed by atoms with Crippen LogP contribution in [0.3, 0.4) is 0 Å². The van der Waals surface area contributed by atoms with Crippen molar-refractivity contribution < 1.29 is 9.59 Å². The summed E-state index contributed by atoms with van der Waals surface area (Å²) < 4.78 is 0. The Balaban J connectivity index is 4.67. The van der Waals surface area contributed by atoms with E-state index in [0.717, 1.165) is 0 Å². The van der Waals surface area contributed by atoms with Crippen molar-refractivity contribution in [2.45, 2.75) is 20.3 Å². The monoisotopic (exact) mass is 169 g/mol. The molecule has 0 spiro atoms. The molecule has 0 saturated carbocycles. The first-order valence-corrected chi connectivity index (χ1v) is 3.91. The Kier molecular flexibility index (Phi) is 4.26. The van der Waals surface area contributed by atoms with Crippen LogP contribution in [0.2, 0.25) is 0 Å². The molecule has 0 aromatic carbocycles. The molecule has 0 unspecified atom stereocenters. The van der Waals surface area contributed by atoms with Crippen molar-refractivity contribution >= 4 is 11.6 Å². The van der Waals surface area contributed by atoms with Crippen molar-refractivity contribution in [3.63, 3.8) is 0 Å². The highest BCUT2D eigenvalue weighted by Crippen LogP contribution is 2.02. The quantitative estimate of drug-likeness (QED) is 0.358. The molecule has 0 saturated heterocycles. The van der Waals surface area contributed by atoms with E-state index < -0.39 is 0 Å². The Morgan fingerprint density at radius 1 is 1.33 bits per heavy atom. The van der Waals surface area contributed by atoms with Crippen LogP contribution < -0.4 is 0 Å². The summed E-state index contributed by atoms with van der Waals surface area (Å²) in [6, 6.07) is 0. The van der Waals surface area contributed by atoms with Crippen LogP contribution in [0.25, 0.3) is 0 Å². The lowest BCUT2D eigenvalue weighted by Crippen LogP contribution is -2.13. The second kappa shape index (κ2) is 4.70. The minimum absolute atomic E-state index is 0.101. The van der Waals surface area contributed by atoms with E-state index in [1.165, 1.54) is 6.92 Å². The van der Waals surface area contributed by atoms with Gasteiger partial charge in [-0.2, -0.15) is 0 Å². The zero-order valence-corrected chi connectivity index (χ0v) is 8.05. The highest BCUT2D eigenvalue weighted by atomic mass is 16.1. The first kappa shape index (κ1) is 10.9. The Hall–Kier alpha value is -1.12. The van der Waals surface area contributed by atoms with E-state index in [9.17, 15) is 9.59 Å². The Morgan fingerprint density at radius 2 is 1.83 bits per heavy atom. The molecule has 12 heavy (non-hydrogen) atoms. The molecular formula is C9H15NO2. The molecule has 0 aliphatic heterocycles. The maximum atomic E-state index is 11.2. The molecule has 3 heteroatoms. The van der Waals surface area contributed by atoms with Crippen LogP contribution in [0.15, 0.2) is 11.8 Å². The zero-order valence-electron chi connectivity index (χ0n) is 8.05. The average molecular weight is 169 g/mol. The van der Waals surface area contributed by atoms with Crippen LogP contribution in [0.4, 0.5) is 0 Å². The fourth-order valence-electron chi connectivity index (χ4n) is 0.808. The van der Waals surface area contributed by atoms with E-state index in [1.54, 1.807) is 32.1 Å². The number of nitrogens with zero attached hydrogens (tertiary/aromatic N) is 1. The summed E-state index contributed by atoms with van der Waals surface area (Å²) in [5, 5.41) is 0. The van der Waals surface area contributed by atoms with Crippen molar-refractivity contribution in [1.29, 1.82) is 0 Å². The van der Waals surface area contributed by atoms with Gasteiger partial charge >= 0.3 is 0 Å². The van der Waals surface area contributed by atoms with E-state index in [2.05, 4.69) is 0 Å². The summed E-state index contributed by atoms with van der Waals surface area (Å²) in [5.74, 6) is -0.272. The first-order chi connectivity index (χ1) is 5.49. The molecule has 0 aromatic rings. The van der Waals surface area contributed by atoms with Gasteiger partial charge in [0.15, 0.2) is 11.6 Å². The van der Waals surface area contributed by atoms with E-state index in [0.29, 0.717) is 6.42 Å². The third kappa shape index (κ3) is 3.32. The molecule has 0 bridgehead atoms. The number of carbonyl (C=O) groups is 2. The van der Waals surface area contributed by atoms with Gasteiger partial charge in [0.25, 0.3) is 0 Å². The fraction of sp³-hybridized carbons (Fsp3) is 0.556. The van der Waals surface area contributed by atoms with E-state index >= 15 is 0 Å². The van der Waals surface area contributed by atoms with Crippen molar-refractivity contribution in [2.75, 3.05) is 14.1 Å². The van der Waals surface area contributed by atoms with Gasteiger partial charge in [0.05, 0.1) is 5.57 Å². The van der Waals surface area contributed by atoms with Gasteiger partial charge < -0.3 is 4.90 Å². The van der Waals surface area contributed by atoms with Crippen LogP contribution in [0, 0.1) is 0 Å². The number of Topliss-reactive ketones (excluding diaryl/α,β-unsaturated/α-hetero) is 2. The molecule has 0 fully saturated rings. The SMILES string of the molecule is CCC(=O)/C(=C\N(C)C)C(C)=O. The third-order valence-electron chi connectivity index (χ3n) is 1.39. The van der Waals surface area contributed by atoms with Gasteiger partial charge in [0.1, 0.15) is 0 Å². The lowest BCUT2D eigenvalue weighted by atomic mass is 10.1. The molecule has 0 aliphatic carbocycles. The van der Waals surface area contributed by atoms with Gasteiger partial charge in [0.2, 0.25) is 0 Å². The topological polar surface area (TPSA) is 37.4 Å². The summed E-state index contributed by atoms with van der Waals surface area (Å²) >= 11 is 0. The van der Waals surface area contributed by atoms with Gasteiger partial charge in [-0.05, 0) is 6.92 Å². The highest BCUT2D eigenvalue weighted by Gasteiger charge is 2.11. The second-order valence-electron chi connectivity index (χ2n) is 2.84. The van der Waals surface area contributed by atoms with Crippen LogP contribution in [-0.4, -0.2) is 30.6 Å². The number of allylic oxidation sites excluding steroid dienone is 1. The van der Waals surface area contributed by atoms with Crippen molar-refractivity contribution in [2.24, 2.45) is 0 Å². The summed E-state index contributed by atoms with van der Waals surface area (Å²) in [6.07, 6.45) is 1.94. The van der Waals surface area contributed by atoms with Crippen LogP contribution in [-0.2, 0) is 9.59 Å². The summed E-state index contributed by atoms with van der Waals surface area (Å²) in [5.41, 5.74) is 0.280. The first-order valence-electron chi connectivity index (χ1n) is 3.91. The maximum Gasteiger partial charge on any atom is 0.167 e. The minimum atomic E-state index is -0.171. The highest BCUT2D eigenvalue weighted by molar-refractivity contribution is 6.19. The number of hydrogen-bond acceptors (Lipinski definition) is 3. The Morgan fingerprint density at radius 3 is 2.08 bits per heavy atom. The van der Waals surface area contributed by atoms with E-state index in [-0.39, 0.29) is 17.1 Å². The number of ketones is 2. The second-order valence-corrected chi connectivity index (χ2v) is 2.84. The molecule has 0 aliphatic rings. The Bertz CT molecular complexity index is 217. The lowest BCUT2D eigenvalue weighted by Gasteiger charge is -2.07. The molecule has 0 N–H and O–H groups in total. The predicted molar refractivity (Wildman–Crippen MR) is 47.7 cm³/mol. The molecule has 68 valence electrons. The van der Waals surface area contributed by atoms with Crippen molar-refractivity contribution in [1.82, 2.24) is 4.90 Å². The van der Waals surface area contributed by atoms with E-state index in [4.69, 9.17) is 0 Å². The van der Waals surface area contributed by atoms with Crippen LogP contribution >= 0.6 is 0 Å². The molecule has 0 radical (unpaired) electrons. The molecule has 0 aromatic heterocycles. The normalized spacial score (nSPS) is 11.2. The molecule has 0 heterocycles. The summed E-state index contributed by atoms with van der Waals surface area (Å²) in [4.78, 5) is 23.8. The standard InChI is InChI=1S/C9H15NO2/c1-5-9(12)8(7(2)11)6-10(3)4/h6H,5H2,1-4H3/b8-6-. The zero-order chi connectivity index (χ0) is 9.72. The summed E-state index contributed by atoms with van der Waals surface area (Å²) in [6.45, 7) is 3.15. The van der Waals surface area contributed by atoms with Gasteiger partial charge in [-0.3, -0.25) is 9.59 Å². The number of rotatable bonds is 4. The van der Waals surface area contributed by atoms with Gasteiger partial charge in [0, 0.05) is 26.7 Å². The predicted octanol–water partition coefficient (Wildman–Crippen LogP) is 1.00. The molecule has 0 atom stereocenters. The summed E-state index contributed by atoms with van der Waals surface area (Å²) in [7, 11) is 3.57. The number of carbonyl (C=O) groups excluding carboxylic acids is 2. The molecular weight excluding hydrogens is 154 g/mol. The van der Waals surface area contributed by atoms with Crippen LogP contribution in [0.5, 0.6) is 0 Å². The third-order valence-corrected chi connectivity index (χ3v) is 1.39. The smallest absolute Gasteiger partial charge is 0.167 e. The molecule has 0 amide bonds. The van der Waals surface area contributed by atoms with Crippen LogP contribution in [0.1, 0.15) is 20.3 Å². The van der Waals surface area contributed by atoms with Crippen molar-refractivity contribution in [3.05, 3.63) is 11.8 Å². The fourth-order valence-corrected chi connectivity index (χ4v) is 0.808. The lowest BCUT2D eigenvalue weighted by molar-refractivity contribution is -0.120. The van der Waals surface area contributed by atoms with Gasteiger partial charge in [-0.25, -0.2) is 0 Å². The Labute approximate surface area is 73.1 Å². The number of hydrogen-bond donors (Lipinski definition) is 0. The van der Waals surface area contributed by atoms with Crippen molar-refractivity contribution in [3.8, 4) is 0 Å². The average Bonchev–Trinajstić information content (AvgIpc) is 1.98. The maximum absolute atomic E-state index is 11.2. The van der Waals surface area contributed by atoms with Gasteiger partial charge in [-0.15, -0.1) is 0 Å². The largest absolute Gasteiger partial charge is 0.383 e. The van der Waals surface area contributed by atoms with Gasteiger partial charge in [-0.1, -0.05) is 6.92 Å².